The fourth-order valence-electron chi connectivity index (χ4n) is 1.93. The highest BCUT2D eigenvalue weighted by Gasteiger charge is 2.27. The van der Waals surface area contributed by atoms with Crippen LogP contribution in [-0.2, 0) is 4.74 Å². The molecule has 1 aromatic carbocycles. The van der Waals surface area contributed by atoms with Crippen molar-refractivity contribution in [3.05, 3.63) is 29.3 Å². The van der Waals surface area contributed by atoms with Crippen LogP contribution < -0.4 is 5.73 Å². The monoisotopic (exact) mass is 256 g/mol. The minimum atomic E-state index is -1.00. The second-order valence-electron chi connectivity index (χ2n) is 4.26. The molecule has 1 aliphatic heterocycles. The van der Waals surface area contributed by atoms with Crippen LogP contribution in [0.3, 0.4) is 0 Å². The Kier molecular flexibility index (Phi) is 3.47. The Morgan fingerprint density at radius 1 is 1.50 bits per heavy atom. The van der Waals surface area contributed by atoms with Crippen LogP contribution in [0.4, 0.5) is 14.5 Å². The summed E-state index contributed by atoms with van der Waals surface area (Å²) in [6.07, 6.45) is -0.144. The number of hydrogen-bond acceptors (Lipinski definition) is 3. The highest BCUT2D eigenvalue weighted by Crippen LogP contribution is 2.21. The van der Waals surface area contributed by atoms with E-state index in [1.54, 1.807) is 6.92 Å². The summed E-state index contributed by atoms with van der Waals surface area (Å²) in [7, 11) is 0. The van der Waals surface area contributed by atoms with Gasteiger partial charge in [-0.05, 0) is 19.1 Å². The summed E-state index contributed by atoms with van der Waals surface area (Å²) in [4.78, 5) is 13.4. The van der Waals surface area contributed by atoms with Crippen molar-refractivity contribution < 1.29 is 18.3 Å². The molecule has 4 nitrogen and oxygen atoms in total. The standard InChI is InChI=1S/C12H14F2N2O2/c1-7-6-16(4-5-18-7)12(17)10-8(13)2-3-9(15)11(10)14/h2-3,7H,4-6,15H2,1H3. The molecule has 1 aliphatic rings. The maximum absolute atomic E-state index is 13.7. The largest absolute Gasteiger partial charge is 0.396 e. The molecule has 1 atom stereocenters. The molecule has 0 aliphatic carbocycles. The van der Waals surface area contributed by atoms with Crippen LogP contribution in [0.25, 0.3) is 0 Å². The molecule has 0 spiro atoms. The van der Waals surface area contributed by atoms with E-state index >= 15 is 0 Å². The number of nitrogens with two attached hydrogens (primary N) is 1. The van der Waals surface area contributed by atoms with Crippen molar-refractivity contribution in [2.45, 2.75) is 13.0 Å². The topological polar surface area (TPSA) is 55.6 Å². The van der Waals surface area contributed by atoms with Gasteiger partial charge in [-0.1, -0.05) is 0 Å². The van der Waals surface area contributed by atoms with Crippen molar-refractivity contribution >= 4 is 11.6 Å². The fourth-order valence-corrected chi connectivity index (χ4v) is 1.93. The SMILES string of the molecule is CC1CN(C(=O)c2c(F)ccc(N)c2F)CCO1. The zero-order valence-corrected chi connectivity index (χ0v) is 9.95. The Labute approximate surface area is 103 Å². The molecule has 2 rings (SSSR count). The number of nitrogens with zero attached hydrogens (tertiary/aromatic N) is 1. The number of nitrogen functional groups attached to an aromatic ring is 1. The van der Waals surface area contributed by atoms with Crippen LogP contribution in [-0.4, -0.2) is 36.6 Å². The van der Waals surface area contributed by atoms with Crippen molar-refractivity contribution in [2.75, 3.05) is 25.4 Å². The first-order valence-corrected chi connectivity index (χ1v) is 5.65. The smallest absolute Gasteiger partial charge is 0.260 e. The molecule has 0 radical (unpaired) electrons. The third-order valence-corrected chi connectivity index (χ3v) is 2.86. The molecule has 18 heavy (non-hydrogen) atoms. The van der Waals surface area contributed by atoms with Crippen LogP contribution in [0, 0.1) is 11.6 Å². The maximum Gasteiger partial charge on any atom is 0.260 e. The van der Waals surface area contributed by atoms with Crippen LogP contribution in [0.15, 0.2) is 12.1 Å². The van der Waals surface area contributed by atoms with E-state index in [2.05, 4.69) is 0 Å². The lowest BCUT2D eigenvalue weighted by atomic mass is 10.1. The van der Waals surface area contributed by atoms with Gasteiger partial charge in [-0.25, -0.2) is 8.78 Å². The van der Waals surface area contributed by atoms with Crippen molar-refractivity contribution in [3.63, 3.8) is 0 Å². The number of rotatable bonds is 1. The van der Waals surface area contributed by atoms with E-state index in [1.807, 2.05) is 0 Å². The van der Waals surface area contributed by atoms with Crippen molar-refractivity contribution in [1.82, 2.24) is 4.90 Å². The average Bonchev–Trinajstić information content (AvgIpc) is 2.34. The van der Waals surface area contributed by atoms with Gasteiger partial charge in [0.05, 0.1) is 18.4 Å². The first-order chi connectivity index (χ1) is 8.50. The molecule has 0 bridgehead atoms. The molecule has 2 N–H and O–H groups in total. The van der Waals surface area contributed by atoms with Gasteiger partial charge in [-0.15, -0.1) is 0 Å². The lowest BCUT2D eigenvalue weighted by Gasteiger charge is -2.31. The second kappa shape index (κ2) is 4.89. The van der Waals surface area contributed by atoms with Crippen molar-refractivity contribution in [1.29, 1.82) is 0 Å². The molecule has 1 fully saturated rings. The Balaban J connectivity index is 2.31. The fraction of sp³-hybridized carbons (Fsp3) is 0.417. The van der Waals surface area contributed by atoms with Gasteiger partial charge in [0, 0.05) is 13.1 Å². The van der Waals surface area contributed by atoms with E-state index < -0.39 is 23.1 Å². The lowest BCUT2D eigenvalue weighted by Crippen LogP contribution is -2.45. The first-order valence-electron chi connectivity index (χ1n) is 5.65. The lowest BCUT2D eigenvalue weighted by molar-refractivity contribution is -0.0127. The summed E-state index contributed by atoms with van der Waals surface area (Å²) in [5.41, 5.74) is 4.52. The van der Waals surface area contributed by atoms with Gasteiger partial charge < -0.3 is 15.4 Å². The number of benzene rings is 1. The van der Waals surface area contributed by atoms with Crippen LogP contribution in [0.2, 0.25) is 0 Å². The van der Waals surface area contributed by atoms with E-state index in [-0.39, 0.29) is 11.8 Å². The summed E-state index contributed by atoms with van der Waals surface area (Å²) >= 11 is 0. The number of morpholine rings is 1. The van der Waals surface area contributed by atoms with Gasteiger partial charge in [-0.2, -0.15) is 0 Å². The molecule has 1 saturated heterocycles. The van der Waals surface area contributed by atoms with Crippen LogP contribution >= 0.6 is 0 Å². The number of ether oxygens (including phenoxy) is 1. The third-order valence-electron chi connectivity index (χ3n) is 2.86. The van der Waals surface area contributed by atoms with Crippen LogP contribution in [0.5, 0.6) is 0 Å². The van der Waals surface area contributed by atoms with Gasteiger partial charge >= 0.3 is 0 Å². The van der Waals surface area contributed by atoms with E-state index in [0.29, 0.717) is 19.7 Å². The Hall–Kier alpha value is -1.69. The number of anilines is 1. The quantitative estimate of drug-likeness (QED) is 0.773. The molecular weight excluding hydrogens is 242 g/mol. The van der Waals surface area contributed by atoms with E-state index in [0.717, 1.165) is 12.1 Å². The molecule has 0 aromatic heterocycles. The summed E-state index contributed by atoms with van der Waals surface area (Å²) < 4.78 is 32.6. The van der Waals surface area contributed by atoms with Gasteiger partial charge in [0.25, 0.3) is 5.91 Å². The zero-order valence-electron chi connectivity index (χ0n) is 9.95. The predicted octanol–water partition coefficient (Wildman–Crippen LogP) is 1.41. The molecule has 1 unspecified atom stereocenters. The van der Waals surface area contributed by atoms with Gasteiger partial charge in [0.1, 0.15) is 11.4 Å². The minimum Gasteiger partial charge on any atom is -0.396 e. The number of amides is 1. The number of halogens is 2. The Bertz CT molecular complexity index is 479. The molecule has 1 heterocycles. The number of carbonyl (C=O) groups excluding carboxylic acids is 1. The Morgan fingerprint density at radius 3 is 2.89 bits per heavy atom. The molecule has 0 saturated carbocycles. The summed E-state index contributed by atoms with van der Waals surface area (Å²) in [6, 6.07) is 2.10. The highest BCUT2D eigenvalue weighted by molar-refractivity contribution is 5.95. The van der Waals surface area contributed by atoms with E-state index in [9.17, 15) is 13.6 Å². The molecule has 1 amide bonds. The maximum atomic E-state index is 13.7. The number of hydrogen-bond donors (Lipinski definition) is 1. The number of carbonyl (C=O) groups is 1. The van der Waals surface area contributed by atoms with Crippen molar-refractivity contribution in [3.8, 4) is 0 Å². The van der Waals surface area contributed by atoms with Gasteiger partial charge in [-0.3, -0.25) is 4.79 Å². The molecule has 1 aromatic rings. The zero-order chi connectivity index (χ0) is 13.3. The normalized spacial score (nSPS) is 19.9. The molecule has 6 heteroatoms. The summed E-state index contributed by atoms with van der Waals surface area (Å²) in [6.45, 7) is 2.79. The summed E-state index contributed by atoms with van der Waals surface area (Å²) in [5, 5.41) is 0. The Morgan fingerprint density at radius 2 is 2.22 bits per heavy atom. The predicted molar refractivity (Wildman–Crippen MR) is 62.1 cm³/mol. The van der Waals surface area contributed by atoms with E-state index in [1.165, 1.54) is 4.90 Å². The molecule has 98 valence electrons. The first kappa shape index (κ1) is 12.8. The van der Waals surface area contributed by atoms with Crippen LogP contribution in [0.1, 0.15) is 17.3 Å². The van der Waals surface area contributed by atoms with Gasteiger partial charge in [0.15, 0.2) is 5.82 Å². The highest BCUT2D eigenvalue weighted by atomic mass is 19.1. The average molecular weight is 256 g/mol. The third kappa shape index (κ3) is 2.28. The summed E-state index contributed by atoms with van der Waals surface area (Å²) in [5.74, 6) is -2.59. The van der Waals surface area contributed by atoms with Gasteiger partial charge in [0.2, 0.25) is 0 Å². The second-order valence-corrected chi connectivity index (χ2v) is 4.26. The minimum absolute atomic E-state index is 0.144. The van der Waals surface area contributed by atoms with Crippen molar-refractivity contribution in [2.24, 2.45) is 0 Å². The van der Waals surface area contributed by atoms with E-state index in [4.69, 9.17) is 10.5 Å². The molecular formula is C12H14F2N2O2.